The summed E-state index contributed by atoms with van der Waals surface area (Å²) in [6.45, 7) is 0. The van der Waals surface area contributed by atoms with Crippen molar-refractivity contribution in [1.29, 1.82) is 0 Å². The van der Waals surface area contributed by atoms with Gasteiger partial charge in [-0.25, -0.2) is 0 Å². The predicted octanol–water partition coefficient (Wildman–Crippen LogP) is 2.35. The molecular formula is C12H11NO. The van der Waals surface area contributed by atoms with Crippen LogP contribution in [0.4, 0.5) is 5.69 Å². The molecular weight excluding hydrogens is 174 g/mol. The fraction of sp³-hybridized carbons (Fsp3) is 0.167. The number of rotatable bonds is 0. The van der Waals surface area contributed by atoms with Crippen molar-refractivity contribution in [2.45, 2.75) is 12.1 Å². The fourth-order valence-corrected chi connectivity index (χ4v) is 1.84. The summed E-state index contributed by atoms with van der Waals surface area (Å²) in [5.41, 5.74) is 1.08. The molecule has 1 heterocycles. The summed E-state index contributed by atoms with van der Waals surface area (Å²) in [7, 11) is 0. The number of para-hydroxylation sites is 2. The Labute approximate surface area is 82.9 Å². The maximum absolute atomic E-state index is 5.84. The van der Waals surface area contributed by atoms with Crippen molar-refractivity contribution < 1.29 is 4.74 Å². The molecule has 0 bridgehead atoms. The number of hydrogen-bond acceptors (Lipinski definition) is 2. The molecule has 2 nitrogen and oxygen atoms in total. The lowest BCUT2D eigenvalue weighted by molar-refractivity contribution is 0.229. The first kappa shape index (κ1) is 7.68. The Kier molecular flexibility index (Phi) is 1.60. The topological polar surface area (TPSA) is 21.3 Å². The molecule has 1 aromatic carbocycles. The molecule has 70 valence electrons. The Morgan fingerprint density at radius 3 is 2.93 bits per heavy atom. The van der Waals surface area contributed by atoms with Crippen molar-refractivity contribution >= 4 is 5.69 Å². The van der Waals surface area contributed by atoms with Gasteiger partial charge in [0, 0.05) is 0 Å². The predicted molar refractivity (Wildman–Crippen MR) is 56.5 cm³/mol. The van der Waals surface area contributed by atoms with Crippen LogP contribution in [0.1, 0.15) is 0 Å². The zero-order valence-corrected chi connectivity index (χ0v) is 7.68. The van der Waals surface area contributed by atoms with E-state index in [-0.39, 0.29) is 12.1 Å². The van der Waals surface area contributed by atoms with Crippen LogP contribution in [-0.2, 0) is 0 Å². The van der Waals surface area contributed by atoms with Crippen molar-refractivity contribution in [2.24, 2.45) is 0 Å². The van der Waals surface area contributed by atoms with Crippen LogP contribution in [0.25, 0.3) is 0 Å². The first-order chi connectivity index (χ1) is 6.93. The van der Waals surface area contributed by atoms with Gasteiger partial charge in [-0.05, 0) is 18.2 Å². The summed E-state index contributed by atoms with van der Waals surface area (Å²) in [5.74, 6) is 0.939. The lowest BCUT2D eigenvalue weighted by Crippen LogP contribution is -2.39. The molecule has 2 atom stereocenters. The van der Waals surface area contributed by atoms with Crippen LogP contribution >= 0.6 is 0 Å². The Balaban J connectivity index is 2.00. The van der Waals surface area contributed by atoms with Crippen LogP contribution in [0, 0.1) is 0 Å². The van der Waals surface area contributed by atoms with Crippen LogP contribution in [0.2, 0.25) is 0 Å². The third-order valence-electron chi connectivity index (χ3n) is 2.56. The fourth-order valence-electron chi connectivity index (χ4n) is 1.84. The number of allylic oxidation sites excluding steroid dienone is 2. The van der Waals surface area contributed by atoms with E-state index >= 15 is 0 Å². The van der Waals surface area contributed by atoms with Crippen LogP contribution in [0.15, 0.2) is 48.6 Å². The van der Waals surface area contributed by atoms with Gasteiger partial charge in [-0.15, -0.1) is 0 Å². The molecule has 14 heavy (non-hydrogen) atoms. The lowest BCUT2D eigenvalue weighted by atomic mass is 10.0. The van der Waals surface area contributed by atoms with Gasteiger partial charge >= 0.3 is 0 Å². The molecule has 1 aliphatic heterocycles. The minimum Gasteiger partial charge on any atom is -0.482 e. The molecule has 0 fully saturated rings. The molecule has 0 spiro atoms. The summed E-state index contributed by atoms with van der Waals surface area (Å²) in [6.07, 6.45) is 8.41. The van der Waals surface area contributed by atoms with Crippen LogP contribution in [0.5, 0.6) is 5.75 Å². The van der Waals surface area contributed by atoms with Gasteiger partial charge in [0.05, 0.1) is 11.7 Å². The average Bonchev–Trinajstić information content (AvgIpc) is 2.26. The van der Waals surface area contributed by atoms with Crippen molar-refractivity contribution in [3.8, 4) is 5.75 Å². The van der Waals surface area contributed by atoms with Crippen LogP contribution in [0.3, 0.4) is 0 Å². The standard InChI is InChI=1S/C12H11NO/c1-3-7-11-9(5-1)13-10-6-2-4-8-12(10)14-11/h1-9,11,13H. The van der Waals surface area contributed by atoms with Gasteiger partial charge in [-0.2, -0.15) is 0 Å². The minimum atomic E-state index is 0.134. The highest BCUT2D eigenvalue weighted by Crippen LogP contribution is 2.32. The van der Waals surface area contributed by atoms with Gasteiger partial charge in [0.2, 0.25) is 0 Å². The summed E-state index contributed by atoms with van der Waals surface area (Å²) >= 11 is 0. The van der Waals surface area contributed by atoms with Gasteiger partial charge in [0.1, 0.15) is 11.9 Å². The summed E-state index contributed by atoms with van der Waals surface area (Å²) in [6, 6.07) is 8.30. The minimum absolute atomic E-state index is 0.134. The normalized spacial score (nSPS) is 27.1. The van der Waals surface area contributed by atoms with E-state index in [0.717, 1.165) is 11.4 Å². The summed E-state index contributed by atoms with van der Waals surface area (Å²) < 4.78 is 5.84. The highest BCUT2D eigenvalue weighted by Gasteiger charge is 2.26. The third kappa shape index (κ3) is 1.11. The quantitative estimate of drug-likeness (QED) is 0.670. The van der Waals surface area contributed by atoms with E-state index in [0.29, 0.717) is 0 Å². The first-order valence-electron chi connectivity index (χ1n) is 4.81. The molecule has 1 aliphatic carbocycles. The average molecular weight is 185 g/mol. The second-order valence-corrected chi connectivity index (χ2v) is 3.52. The monoisotopic (exact) mass is 185 g/mol. The molecule has 1 N–H and O–H groups in total. The number of nitrogens with one attached hydrogen (secondary N) is 1. The van der Waals surface area contributed by atoms with E-state index in [2.05, 4.69) is 17.5 Å². The van der Waals surface area contributed by atoms with E-state index in [4.69, 9.17) is 4.74 Å². The molecule has 2 unspecified atom stereocenters. The molecule has 2 heteroatoms. The smallest absolute Gasteiger partial charge is 0.143 e. The van der Waals surface area contributed by atoms with E-state index < -0.39 is 0 Å². The van der Waals surface area contributed by atoms with Crippen molar-refractivity contribution in [1.82, 2.24) is 0 Å². The number of fused-ring (bicyclic) bond motifs is 2. The Morgan fingerprint density at radius 1 is 1.07 bits per heavy atom. The highest BCUT2D eigenvalue weighted by molar-refractivity contribution is 5.60. The summed E-state index contributed by atoms with van der Waals surface area (Å²) in [5, 5.41) is 3.44. The van der Waals surface area contributed by atoms with Crippen molar-refractivity contribution in [2.75, 3.05) is 5.32 Å². The molecule has 0 aromatic heterocycles. The molecule has 0 radical (unpaired) electrons. The van der Waals surface area contributed by atoms with Gasteiger partial charge < -0.3 is 10.1 Å². The molecule has 1 aromatic rings. The maximum Gasteiger partial charge on any atom is 0.143 e. The van der Waals surface area contributed by atoms with Crippen molar-refractivity contribution in [3.63, 3.8) is 0 Å². The van der Waals surface area contributed by atoms with E-state index in [9.17, 15) is 0 Å². The second kappa shape index (κ2) is 2.91. The molecule has 2 aliphatic rings. The van der Waals surface area contributed by atoms with E-state index in [1.54, 1.807) is 0 Å². The lowest BCUT2D eigenvalue weighted by Gasteiger charge is -2.32. The number of anilines is 1. The Hall–Kier alpha value is -1.70. The third-order valence-corrected chi connectivity index (χ3v) is 2.56. The number of benzene rings is 1. The Bertz CT molecular complexity index is 370. The molecule has 0 saturated heterocycles. The second-order valence-electron chi connectivity index (χ2n) is 3.52. The highest BCUT2D eigenvalue weighted by atomic mass is 16.5. The Morgan fingerprint density at radius 2 is 1.93 bits per heavy atom. The molecule has 0 saturated carbocycles. The van der Waals surface area contributed by atoms with E-state index in [1.165, 1.54) is 0 Å². The van der Waals surface area contributed by atoms with Crippen LogP contribution in [-0.4, -0.2) is 12.1 Å². The summed E-state index contributed by atoms with van der Waals surface area (Å²) in [4.78, 5) is 0. The number of hydrogen-bond donors (Lipinski definition) is 1. The first-order valence-corrected chi connectivity index (χ1v) is 4.81. The van der Waals surface area contributed by atoms with Gasteiger partial charge in [0.25, 0.3) is 0 Å². The van der Waals surface area contributed by atoms with Gasteiger partial charge in [-0.1, -0.05) is 30.4 Å². The van der Waals surface area contributed by atoms with Gasteiger partial charge in [-0.3, -0.25) is 0 Å². The number of ether oxygens (including phenoxy) is 1. The molecule has 0 amide bonds. The SMILES string of the molecule is C1=CC2Nc3ccccc3OC2C=C1. The maximum atomic E-state index is 5.84. The largest absolute Gasteiger partial charge is 0.482 e. The van der Waals surface area contributed by atoms with Crippen molar-refractivity contribution in [3.05, 3.63) is 48.6 Å². The zero-order chi connectivity index (χ0) is 9.38. The van der Waals surface area contributed by atoms with Crippen LogP contribution < -0.4 is 10.1 Å². The molecule has 3 rings (SSSR count). The van der Waals surface area contributed by atoms with E-state index in [1.807, 2.05) is 36.4 Å². The van der Waals surface area contributed by atoms with Gasteiger partial charge in [0.15, 0.2) is 0 Å². The zero-order valence-electron chi connectivity index (χ0n) is 7.68.